The van der Waals surface area contributed by atoms with Crippen LogP contribution in [-0.4, -0.2) is 12.2 Å². The molecule has 0 radical (unpaired) electrons. The van der Waals surface area contributed by atoms with Crippen molar-refractivity contribution in [3.8, 4) is 0 Å². The molecule has 0 amide bonds. The first-order valence-electron chi connectivity index (χ1n) is 2.97. The molecule has 0 bridgehead atoms. The van der Waals surface area contributed by atoms with Gasteiger partial charge in [-0.25, -0.2) is 0 Å². The summed E-state index contributed by atoms with van der Waals surface area (Å²) in [6, 6.07) is 0. The summed E-state index contributed by atoms with van der Waals surface area (Å²) in [4.78, 5) is 13.1. The van der Waals surface area contributed by atoms with Crippen LogP contribution in [0.3, 0.4) is 0 Å². The number of hydrogen-bond acceptors (Lipinski definition) is 3. The van der Waals surface area contributed by atoms with Crippen LogP contribution in [0.2, 0.25) is 0 Å². The van der Waals surface area contributed by atoms with E-state index in [0.717, 1.165) is 0 Å². The largest absolute Gasteiger partial charge is 0.456 e. The lowest BCUT2D eigenvalue weighted by Crippen LogP contribution is -2.08. The zero-order valence-corrected chi connectivity index (χ0v) is 5.52. The number of esters is 1. The number of hydrogen-bond donors (Lipinski definition) is 0. The highest BCUT2D eigenvalue weighted by Crippen LogP contribution is 2.21. The maximum absolute atomic E-state index is 10.5. The Hall–Kier alpha value is -1.22. The second-order valence-electron chi connectivity index (χ2n) is 2.27. The van der Waals surface area contributed by atoms with Gasteiger partial charge in [-0.2, -0.15) is 0 Å². The van der Waals surface area contributed by atoms with Gasteiger partial charge in [0.05, 0.1) is 6.42 Å². The quantitative estimate of drug-likeness (QED) is 0.238. The van der Waals surface area contributed by atoms with Crippen molar-refractivity contribution >= 4 is 5.97 Å². The number of ether oxygens (including phenoxy) is 1. The topological polar surface area (TPSA) is 75.1 Å². The molecular formula is C5H7N3O2. The lowest BCUT2D eigenvalue weighted by molar-refractivity contribution is -0.141. The van der Waals surface area contributed by atoms with Gasteiger partial charge in [0, 0.05) is 10.8 Å². The first kappa shape index (κ1) is 6.89. The molecule has 1 aliphatic heterocycles. The zero-order valence-electron chi connectivity index (χ0n) is 5.52. The molecule has 1 fully saturated rings. The van der Waals surface area contributed by atoms with Gasteiger partial charge in [-0.3, -0.25) is 4.79 Å². The van der Waals surface area contributed by atoms with Crippen molar-refractivity contribution in [3.63, 3.8) is 0 Å². The average molecular weight is 141 g/mol. The van der Waals surface area contributed by atoms with Gasteiger partial charge < -0.3 is 4.74 Å². The molecule has 2 unspecified atom stereocenters. The molecule has 0 saturated carbocycles. The van der Waals surface area contributed by atoms with Gasteiger partial charge in [-0.05, 0) is 10.6 Å². The molecule has 54 valence electrons. The molecular weight excluding hydrogens is 134 g/mol. The molecule has 10 heavy (non-hydrogen) atoms. The molecule has 0 spiro atoms. The number of cyclic esters (lactones) is 1. The third kappa shape index (κ3) is 1.19. The van der Waals surface area contributed by atoms with E-state index >= 15 is 0 Å². The van der Waals surface area contributed by atoms with Crippen LogP contribution >= 0.6 is 0 Å². The molecule has 1 rings (SSSR count). The Balaban J connectivity index is 2.62. The third-order valence-corrected chi connectivity index (χ3v) is 1.39. The van der Waals surface area contributed by atoms with Crippen LogP contribution in [0.15, 0.2) is 5.11 Å². The van der Waals surface area contributed by atoms with Crippen molar-refractivity contribution in [2.75, 3.05) is 0 Å². The fourth-order valence-corrected chi connectivity index (χ4v) is 0.851. The monoisotopic (exact) mass is 141 g/mol. The summed E-state index contributed by atoms with van der Waals surface area (Å²) in [5, 5.41) is 3.29. The fraction of sp³-hybridized carbons (Fsp3) is 0.800. The predicted molar refractivity (Wildman–Crippen MR) is 32.8 cm³/mol. The highest BCUT2D eigenvalue weighted by Gasteiger charge is 2.29. The van der Waals surface area contributed by atoms with E-state index < -0.39 is 6.23 Å². The fourth-order valence-electron chi connectivity index (χ4n) is 0.851. The molecule has 0 aromatic rings. The smallest absolute Gasteiger partial charge is 0.306 e. The first-order chi connectivity index (χ1) is 4.74. The van der Waals surface area contributed by atoms with Crippen LogP contribution in [-0.2, 0) is 9.53 Å². The summed E-state index contributed by atoms with van der Waals surface area (Å²) < 4.78 is 4.65. The van der Waals surface area contributed by atoms with Crippen molar-refractivity contribution in [2.24, 2.45) is 11.0 Å². The molecule has 5 nitrogen and oxygen atoms in total. The van der Waals surface area contributed by atoms with E-state index in [1.807, 2.05) is 6.92 Å². The van der Waals surface area contributed by atoms with Crippen LogP contribution in [0.4, 0.5) is 0 Å². The third-order valence-electron chi connectivity index (χ3n) is 1.39. The van der Waals surface area contributed by atoms with Crippen molar-refractivity contribution in [3.05, 3.63) is 10.4 Å². The standard InChI is InChI=1S/C5H7N3O2/c1-3-2-4(9)10-5(3)7-8-6/h3,5H,2H2,1H3. The Morgan fingerprint density at radius 3 is 3.00 bits per heavy atom. The molecule has 0 aliphatic carbocycles. The average Bonchev–Trinajstić information content (AvgIpc) is 2.13. The number of azide groups is 1. The van der Waals surface area contributed by atoms with E-state index in [4.69, 9.17) is 5.53 Å². The zero-order chi connectivity index (χ0) is 7.56. The highest BCUT2D eigenvalue weighted by atomic mass is 16.6. The van der Waals surface area contributed by atoms with Gasteiger partial charge in [-0.1, -0.05) is 6.92 Å². The Morgan fingerprint density at radius 2 is 2.60 bits per heavy atom. The number of carbonyl (C=O) groups excluding carboxylic acids is 1. The number of rotatable bonds is 1. The van der Waals surface area contributed by atoms with E-state index in [1.165, 1.54) is 0 Å². The normalized spacial score (nSPS) is 31.1. The van der Waals surface area contributed by atoms with E-state index in [2.05, 4.69) is 14.8 Å². The van der Waals surface area contributed by atoms with Gasteiger partial charge in [0.1, 0.15) is 0 Å². The van der Waals surface area contributed by atoms with E-state index in [0.29, 0.717) is 6.42 Å². The van der Waals surface area contributed by atoms with Gasteiger partial charge in [-0.15, -0.1) is 0 Å². The Morgan fingerprint density at radius 1 is 1.90 bits per heavy atom. The van der Waals surface area contributed by atoms with Gasteiger partial charge in [0.2, 0.25) is 0 Å². The molecule has 2 atom stereocenters. The Bertz CT molecular complexity index is 197. The van der Waals surface area contributed by atoms with Crippen LogP contribution in [0.5, 0.6) is 0 Å². The highest BCUT2D eigenvalue weighted by molar-refractivity contribution is 5.71. The van der Waals surface area contributed by atoms with E-state index in [9.17, 15) is 4.79 Å². The molecule has 0 aromatic carbocycles. The van der Waals surface area contributed by atoms with Crippen molar-refractivity contribution in [1.82, 2.24) is 0 Å². The minimum Gasteiger partial charge on any atom is -0.456 e. The second kappa shape index (κ2) is 2.58. The van der Waals surface area contributed by atoms with Crippen molar-refractivity contribution in [2.45, 2.75) is 19.6 Å². The SMILES string of the molecule is CC1CC(=O)OC1N=[N+]=[N-]. The molecule has 1 aliphatic rings. The number of nitrogens with zero attached hydrogens (tertiary/aromatic N) is 3. The summed E-state index contributed by atoms with van der Waals surface area (Å²) >= 11 is 0. The summed E-state index contributed by atoms with van der Waals surface area (Å²) in [7, 11) is 0. The van der Waals surface area contributed by atoms with Crippen LogP contribution in [0, 0.1) is 5.92 Å². The maximum atomic E-state index is 10.5. The molecule has 1 saturated heterocycles. The van der Waals surface area contributed by atoms with Gasteiger partial charge >= 0.3 is 5.97 Å². The number of carbonyl (C=O) groups is 1. The van der Waals surface area contributed by atoms with Gasteiger partial charge in [0.15, 0.2) is 6.23 Å². The van der Waals surface area contributed by atoms with Crippen LogP contribution < -0.4 is 0 Å². The summed E-state index contributed by atoms with van der Waals surface area (Å²) in [5.41, 5.74) is 8.00. The lowest BCUT2D eigenvalue weighted by atomic mass is 10.1. The molecule has 1 heterocycles. The van der Waals surface area contributed by atoms with Crippen molar-refractivity contribution in [1.29, 1.82) is 0 Å². The summed E-state index contributed by atoms with van der Waals surface area (Å²) in [6.07, 6.45) is -0.235. The summed E-state index contributed by atoms with van der Waals surface area (Å²) in [6.45, 7) is 1.81. The van der Waals surface area contributed by atoms with Gasteiger partial charge in [0.25, 0.3) is 0 Å². The Labute approximate surface area is 57.6 Å². The van der Waals surface area contributed by atoms with Crippen molar-refractivity contribution < 1.29 is 9.53 Å². The molecule has 0 aromatic heterocycles. The minimum atomic E-state index is -0.586. The second-order valence-corrected chi connectivity index (χ2v) is 2.27. The maximum Gasteiger partial charge on any atom is 0.306 e. The molecule has 5 heteroatoms. The minimum absolute atomic E-state index is 0.0170. The Kier molecular flexibility index (Phi) is 1.78. The first-order valence-corrected chi connectivity index (χ1v) is 2.97. The molecule has 0 N–H and O–H groups in total. The predicted octanol–water partition coefficient (Wildman–Crippen LogP) is 1.21. The van der Waals surface area contributed by atoms with E-state index in [1.54, 1.807) is 0 Å². The van der Waals surface area contributed by atoms with Crippen LogP contribution in [0.1, 0.15) is 13.3 Å². The van der Waals surface area contributed by atoms with Crippen LogP contribution in [0.25, 0.3) is 10.4 Å². The summed E-state index contributed by atoms with van der Waals surface area (Å²) in [5.74, 6) is -0.270. The lowest BCUT2D eigenvalue weighted by Gasteiger charge is -2.03. The van der Waals surface area contributed by atoms with E-state index in [-0.39, 0.29) is 11.9 Å².